The lowest BCUT2D eigenvalue weighted by Gasteiger charge is -2.31. The van der Waals surface area contributed by atoms with E-state index in [-0.39, 0.29) is 17.6 Å². The Hall–Kier alpha value is -1.49. The van der Waals surface area contributed by atoms with Crippen LogP contribution in [-0.2, 0) is 4.79 Å². The van der Waals surface area contributed by atoms with Crippen LogP contribution in [-0.4, -0.2) is 35.6 Å². The average molecular weight is 292 g/mol. The number of likely N-dealkylation sites (tertiary alicyclic amines) is 1. The number of hydrogen-bond donors (Lipinski definition) is 1. The summed E-state index contributed by atoms with van der Waals surface area (Å²) in [4.78, 5) is 26.3. The summed E-state index contributed by atoms with van der Waals surface area (Å²) in [5, 5.41) is 0. The van der Waals surface area contributed by atoms with Gasteiger partial charge in [0.15, 0.2) is 0 Å². The highest BCUT2D eigenvalue weighted by atomic mass is 32.2. The zero-order valence-electron chi connectivity index (χ0n) is 11.7. The van der Waals surface area contributed by atoms with Gasteiger partial charge in [-0.05, 0) is 30.9 Å². The van der Waals surface area contributed by atoms with Crippen LogP contribution in [0.15, 0.2) is 29.2 Å². The summed E-state index contributed by atoms with van der Waals surface area (Å²) in [6, 6.07) is 7.42. The van der Waals surface area contributed by atoms with Crippen LogP contribution in [0.2, 0.25) is 0 Å². The van der Waals surface area contributed by atoms with Gasteiger partial charge in [0.25, 0.3) is 5.91 Å². The molecule has 1 saturated heterocycles. The van der Waals surface area contributed by atoms with Crippen molar-refractivity contribution in [3.63, 3.8) is 0 Å². The minimum atomic E-state index is -0.371. The van der Waals surface area contributed by atoms with Crippen molar-refractivity contribution >= 4 is 23.6 Å². The van der Waals surface area contributed by atoms with Crippen LogP contribution in [0, 0.1) is 5.92 Å². The number of hydrogen-bond acceptors (Lipinski definition) is 3. The first-order valence-corrected chi connectivity index (χ1v) is 7.86. The summed E-state index contributed by atoms with van der Waals surface area (Å²) in [6.07, 6.45) is 2.24. The summed E-state index contributed by atoms with van der Waals surface area (Å²) < 4.78 is 0. The van der Waals surface area contributed by atoms with E-state index in [1.54, 1.807) is 0 Å². The molecule has 20 heavy (non-hydrogen) atoms. The van der Waals surface area contributed by atoms with E-state index in [0.717, 1.165) is 24.4 Å². The third-order valence-corrected chi connectivity index (χ3v) is 4.53. The maximum absolute atomic E-state index is 12.6. The molecule has 0 bridgehead atoms. The van der Waals surface area contributed by atoms with Crippen molar-refractivity contribution in [2.24, 2.45) is 11.7 Å². The van der Waals surface area contributed by atoms with Crippen LogP contribution < -0.4 is 5.73 Å². The molecule has 0 saturated carbocycles. The molecule has 0 spiro atoms. The molecule has 5 heteroatoms. The number of carbonyl (C=O) groups is 2. The summed E-state index contributed by atoms with van der Waals surface area (Å²) in [5.74, 6) is 0.437. The van der Waals surface area contributed by atoms with Crippen molar-refractivity contribution in [3.05, 3.63) is 29.8 Å². The van der Waals surface area contributed by atoms with Gasteiger partial charge in [0.2, 0.25) is 5.91 Å². The number of thioether (sulfide) groups is 1. The van der Waals surface area contributed by atoms with Gasteiger partial charge in [-0.1, -0.05) is 19.1 Å². The zero-order valence-corrected chi connectivity index (χ0v) is 12.5. The average Bonchev–Trinajstić information content (AvgIpc) is 2.44. The quantitative estimate of drug-likeness (QED) is 0.865. The predicted octanol–water partition coefficient (Wildman–Crippen LogP) is 2.14. The standard InChI is InChI=1S/C15H20N2O2S/c1-11-5-4-8-17(9-11)15(19)12-6-2-3-7-13(12)20-10-14(16)18/h2-3,6-7,11H,4-5,8-10H2,1H3,(H2,16,18). The number of nitrogens with two attached hydrogens (primary N) is 1. The second kappa shape index (κ2) is 6.79. The van der Waals surface area contributed by atoms with E-state index in [4.69, 9.17) is 5.73 Å². The summed E-state index contributed by atoms with van der Waals surface area (Å²) in [6.45, 7) is 3.80. The maximum atomic E-state index is 12.6. The molecule has 1 aliphatic heterocycles. The van der Waals surface area contributed by atoms with Crippen molar-refractivity contribution in [2.45, 2.75) is 24.7 Å². The molecular formula is C15H20N2O2S. The van der Waals surface area contributed by atoms with Crippen molar-refractivity contribution in [2.75, 3.05) is 18.8 Å². The second-order valence-electron chi connectivity index (χ2n) is 5.25. The van der Waals surface area contributed by atoms with Crippen LogP contribution in [0.1, 0.15) is 30.1 Å². The molecule has 4 nitrogen and oxygen atoms in total. The second-order valence-corrected chi connectivity index (χ2v) is 6.27. The fourth-order valence-electron chi connectivity index (χ4n) is 2.46. The van der Waals surface area contributed by atoms with Crippen molar-refractivity contribution in [3.8, 4) is 0 Å². The number of primary amides is 1. The van der Waals surface area contributed by atoms with Crippen LogP contribution in [0.4, 0.5) is 0 Å². The van der Waals surface area contributed by atoms with Crippen LogP contribution in [0.3, 0.4) is 0 Å². The molecular weight excluding hydrogens is 272 g/mol. The molecule has 0 aliphatic carbocycles. The van der Waals surface area contributed by atoms with E-state index < -0.39 is 0 Å². The van der Waals surface area contributed by atoms with Gasteiger partial charge < -0.3 is 10.6 Å². The molecule has 1 aromatic carbocycles. The Morgan fingerprint density at radius 2 is 2.15 bits per heavy atom. The van der Waals surface area contributed by atoms with Gasteiger partial charge in [0.1, 0.15) is 0 Å². The summed E-state index contributed by atoms with van der Waals surface area (Å²) >= 11 is 1.33. The number of benzene rings is 1. The molecule has 108 valence electrons. The topological polar surface area (TPSA) is 63.4 Å². The normalized spacial score (nSPS) is 18.9. The third-order valence-electron chi connectivity index (χ3n) is 3.43. The van der Waals surface area contributed by atoms with Crippen LogP contribution >= 0.6 is 11.8 Å². The Bertz CT molecular complexity index is 504. The van der Waals surface area contributed by atoms with Gasteiger partial charge >= 0.3 is 0 Å². The van der Waals surface area contributed by atoms with Gasteiger partial charge in [0.05, 0.1) is 11.3 Å². The Balaban J connectivity index is 2.14. The Morgan fingerprint density at radius 3 is 2.85 bits per heavy atom. The van der Waals surface area contributed by atoms with E-state index in [2.05, 4.69) is 6.92 Å². The van der Waals surface area contributed by atoms with Crippen molar-refractivity contribution < 1.29 is 9.59 Å². The highest BCUT2D eigenvalue weighted by Crippen LogP contribution is 2.25. The highest BCUT2D eigenvalue weighted by molar-refractivity contribution is 8.00. The Morgan fingerprint density at radius 1 is 1.40 bits per heavy atom. The zero-order chi connectivity index (χ0) is 14.5. The fraction of sp³-hybridized carbons (Fsp3) is 0.467. The third kappa shape index (κ3) is 3.76. The van der Waals surface area contributed by atoms with Crippen molar-refractivity contribution in [1.82, 2.24) is 4.90 Å². The van der Waals surface area contributed by atoms with Gasteiger partial charge in [-0.15, -0.1) is 11.8 Å². The van der Waals surface area contributed by atoms with Crippen LogP contribution in [0.25, 0.3) is 0 Å². The number of carbonyl (C=O) groups excluding carboxylic acids is 2. The van der Waals surface area contributed by atoms with E-state index >= 15 is 0 Å². The predicted molar refractivity (Wildman–Crippen MR) is 80.7 cm³/mol. The summed E-state index contributed by atoms with van der Waals surface area (Å²) in [7, 11) is 0. The Kier molecular flexibility index (Phi) is 5.06. The molecule has 1 heterocycles. The van der Waals surface area contributed by atoms with E-state index in [1.807, 2.05) is 29.2 Å². The molecule has 2 N–H and O–H groups in total. The maximum Gasteiger partial charge on any atom is 0.254 e. The van der Waals surface area contributed by atoms with E-state index in [0.29, 0.717) is 11.5 Å². The lowest BCUT2D eigenvalue weighted by Crippen LogP contribution is -2.39. The molecule has 2 amide bonds. The first-order valence-electron chi connectivity index (χ1n) is 6.87. The molecule has 1 fully saturated rings. The lowest BCUT2D eigenvalue weighted by atomic mass is 9.99. The van der Waals surface area contributed by atoms with Gasteiger partial charge in [-0.3, -0.25) is 9.59 Å². The van der Waals surface area contributed by atoms with Crippen LogP contribution in [0.5, 0.6) is 0 Å². The van der Waals surface area contributed by atoms with E-state index in [9.17, 15) is 9.59 Å². The molecule has 2 rings (SSSR count). The number of piperidine rings is 1. The first-order chi connectivity index (χ1) is 9.58. The monoisotopic (exact) mass is 292 g/mol. The van der Waals surface area contributed by atoms with Crippen molar-refractivity contribution in [1.29, 1.82) is 0 Å². The number of nitrogens with zero attached hydrogens (tertiary/aromatic N) is 1. The van der Waals surface area contributed by atoms with Gasteiger partial charge in [-0.2, -0.15) is 0 Å². The largest absolute Gasteiger partial charge is 0.369 e. The number of rotatable bonds is 4. The number of amides is 2. The molecule has 0 aromatic heterocycles. The molecule has 1 aromatic rings. The van der Waals surface area contributed by atoms with E-state index in [1.165, 1.54) is 18.2 Å². The molecule has 1 aliphatic rings. The summed E-state index contributed by atoms with van der Waals surface area (Å²) in [5.41, 5.74) is 5.85. The SMILES string of the molecule is CC1CCCN(C(=O)c2ccccc2SCC(N)=O)C1. The Labute approximate surface area is 123 Å². The molecule has 0 radical (unpaired) electrons. The van der Waals surface area contributed by atoms with Gasteiger partial charge in [0, 0.05) is 18.0 Å². The minimum Gasteiger partial charge on any atom is -0.369 e. The molecule has 1 atom stereocenters. The smallest absolute Gasteiger partial charge is 0.254 e. The van der Waals surface area contributed by atoms with Gasteiger partial charge in [-0.25, -0.2) is 0 Å². The fourth-order valence-corrected chi connectivity index (χ4v) is 3.25. The molecule has 1 unspecified atom stereocenters. The first kappa shape index (κ1) is 14.9. The lowest BCUT2D eigenvalue weighted by molar-refractivity contribution is -0.115. The highest BCUT2D eigenvalue weighted by Gasteiger charge is 2.23. The minimum absolute atomic E-state index is 0.0594.